The van der Waals surface area contributed by atoms with Crippen molar-refractivity contribution >= 4 is 23.8 Å². The molecular formula is C24H32N4O4. The van der Waals surface area contributed by atoms with Crippen LogP contribution in [0, 0.1) is 5.92 Å². The first kappa shape index (κ1) is 22.3. The molecule has 3 aliphatic heterocycles. The molecule has 3 aliphatic rings. The van der Waals surface area contributed by atoms with Gasteiger partial charge in [0.2, 0.25) is 11.8 Å². The quantitative estimate of drug-likeness (QED) is 0.723. The number of benzene rings is 1. The molecule has 3 fully saturated rings. The van der Waals surface area contributed by atoms with Crippen LogP contribution in [-0.4, -0.2) is 76.2 Å². The molecule has 172 valence electrons. The first-order chi connectivity index (χ1) is 15.3. The number of nitrogens with one attached hydrogen (secondary N) is 1. The van der Waals surface area contributed by atoms with E-state index in [1.807, 2.05) is 44.2 Å². The third kappa shape index (κ3) is 4.23. The van der Waals surface area contributed by atoms with E-state index in [0.29, 0.717) is 51.9 Å². The predicted molar refractivity (Wildman–Crippen MR) is 119 cm³/mol. The van der Waals surface area contributed by atoms with Gasteiger partial charge in [-0.1, -0.05) is 44.2 Å². The van der Waals surface area contributed by atoms with Crippen LogP contribution in [0.4, 0.5) is 4.79 Å². The van der Waals surface area contributed by atoms with E-state index < -0.39 is 5.54 Å². The first-order valence-electron chi connectivity index (χ1n) is 11.6. The van der Waals surface area contributed by atoms with Crippen LogP contribution in [0.3, 0.4) is 0 Å². The third-order valence-corrected chi connectivity index (χ3v) is 6.93. The summed E-state index contributed by atoms with van der Waals surface area (Å²) in [6, 6.07) is 8.91. The van der Waals surface area contributed by atoms with Gasteiger partial charge >= 0.3 is 6.03 Å². The van der Waals surface area contributed by atoms with Crippen molar-refractivity contribution in [2.75, 3.05) is 26.2 Å². The number of nitrogens with zero attached hydrogens (tertiary/aromatic N) is 3. The molecule has 0 aliphatic carbocycles. The highest BCUT2D eigenvalue weighted by Crippen LogP contribution is 2.32. The molecule has 8 nitrogen and oxygen atoms in total. The van der Waals surface area contributed by atoms with Gasteiger partial charge in [0.05, 0.1) is 12.5 Å². The van der Waals surface area contributed by atoms with E-state index in [0.717, 1.165) is 12.0 Å². The highest BCUT2D eigenvalue weighted by molar-refractivity contribution is 6.07. The maximum Gasteiger partial charge on any atom is 0.325 e. The summed E-state index contributed by atoms with van der Waals surface area (Å²) < 4.78 is 0. The average Bonchev–Trinajstić information content (AvgIpc) is 3.03. The number of carbonyl (C=O) groups is 4. The summed E-state index contributed by atoms with van der Waals surface area (Å²) in [7, 11) is 0. The van der Waals surface area contributed by atoms with E-state index in [9.17, 15) is 19.2 Å². The third-order valence-electron chi connectivity index (χ3n) is 6.93. The Kier molecular flexibility index (Phi) is 6.22. The molecule has 0 aromatic heterocycles. The normalized spacial score (nSPS) is 23.1. The highest BCUT2D eigenvalue weighted by atomic mass is 16.2. The maximum absolute atomic E-state index is 13.4. The number of imide groups is 1. The lowest BCUT2D eigenvalue weighted by Gasteiger charge is -2.39. The second-order valence-corrected chi connectivity index (χ2v) is 9.47. The van der Waals surface area contributed by atoms with Gasteiger partial charge in [0, 0.05) is 32.1 Å². The van der Waals surface area contributed by atoms with Gasteiger partial charge in [-0.3, -0.25) is 19.3 Å². The number of hydrogen-bond acceptors (Lipinski definition) is 4. The molecule has 1 aromatic carbocycles. The molecule has 1 spiro atoms. The van der Waals surface area contributed by atoms with E-state index in [1.165, 1.54) is 4.90 Å². The van der Waals surface area contributed by atoms with Crippen LogP contribution >= 0.6 is 0 Å². The molecule has 3 saturated heterocycles. The Morgan fingerprint density at radius 1 is 1.06 bits per heavy atom. The lowest BCUT2D eigenvalue weighted by Crippen LogP contribution is -2.57. The predicted octanol–water partition coefficient (Wildman–Crippen LogP) is 1.79. The Hall–Kier alpha value is -2.90. The lowest BCUT2D eigenvalue weighted by atomic mass is 9.86. The zero-order valence-corrected chi connectivity index (χ0v) is 18.9. The van der Waals surface area contributed by atoms with Crippen molar-refractivity contribution in [2.24, 2.45) is 5.92 Å². The minimum atomic E-state index is -0.929. The van der Waals surface area contributed by atoms with Gasteiger partial charge < -0.3 is 15.1 Å². The van der Waals surface area contributed by atoms with Gasteiger partial charge in [-0.05, 0) is 31.2 Å². The molecule has 4 rings (SSSR count). The van der Waals surface area contributed by atoms with Gasteiger partial charge in [0.25, 0.3) is 5.91 Å². The summed E-state index contributed by atoms with van der Waals surface area (Å²) in [5.41, 5.74) is 0.0255. The van der Waals surface area contributed by atoms with E-state index in [1.54, 1.807) is 9.80 Å². The number of amides is 5. The number of likely N-dealkylation sites (tertiary alicyclic amines) is 2. The molecule has 0 saturated carbocycles. The summed E-state index contributed by atoms with van der Waals surface area (Å²) in [6.07, 6.45) is 2.62. The summed E-state index contributed by atoms with van der Waals surface area (Å²) in [5, 5.41) is 2.94. The Morgan fingerprint density at radius 2 is 1.75 bits per heavy atom. The maximum atomic E-state index is 13.4. The smallest absolute Gasteiger partial charge is 0.325 e. The van der Waals surface area contributed by atoms with E-state index in [4.69, 9.17) is 0 Å². The van der Waals surface area contributed by atoms with Crippen LogP contribution in [0.15, 0.2) is 30.3 Å². The molecular weight excluding hydrogens is 408 g/mol. The SMILES string of the molecule is CC(C)C(=O)N1CCC2(CC1)NC(=O)N([C@@H]1CCCN(C(=O)Cc3ccccc3)C1)C2=O. The lowest BCUT2D eigenvalue weighted by molar-refractivity contribution is -0.142. The standard InChI is InChI=1S/C24H32N4O4/c1-17(2)21(30)26-13-10-24(11-14-26)22(31)28(23(32)25-24)19-9-6-12-27(16-19)20(29)15-18-7-4-3-5-8-18/h3-5,7-8,17,19H,6,9-16H2,1-2H3,(H,25,32)/t19-/m1/s1. The summed E-state index contributed by atoms with van der Waals surface area (Å²) in [6.45, 7) is 5.67. The Morgan fingerprint density at radius 3 is 2.41 bits per heavy atom. The van der Waals surface area contributed by atoms with Crippen LogP contribution in [0.2, 0.25) is 0 Å². The second-order valence-electron chi connectivity index (χ2n) is 9.47. The van der Waals surface area contributed by atoms with Gasteiger partial charge in [0.15, 0.2) is 0 Å². The van der Waals surface area contributed by atoms with Crippen molar-refractivity contribution in [3.05, 3.63) is 35.9 Å². The van der Waals surface area contributed by atoms with Crippen LogP contribution in [-0.2, 0) is 20.8 Å². The fourth-order valence-electron chi connectivity index (χ4n) is 5.06. The first-order valence-corrected chi connectivity index (χ1v) is 11.6. The van der Waals surface area contributed by atoms with Gasteiger partial charge in [-0.2, -0.15) is 0 Å². The largest absolute Gasteiger partial charge is 0.342 e. The Labute approximate surface area is 188 Å². The van der Waals surface area contributed by atoms with Crippen molar-refractivity contribution in [3.63, 3.8) is 0 Å². The fraction of sp³-hybridized carbons (Fsp3) is 0.583. The minimum absolute atomic E-state index is 0.0168. The molecule has 0 radical (unpaired) electrons. The van der Waals surface area contributed by atoms with E-state index in [2.05, 4.69) is 5.32 Å². The van der Waals surface area contributed by atoms with Crippen molar-refractivity contribution in [1.29, 1.82) is 0 Å². The Balaban J connectivity index is 1.40. The van der Waals surface area contributed by atoms with Crippen molar-refractivity contribution in [3.8, 4) is 0 Å². The molecule has 0 bridgehead atoms. The molecule has 5 amide bonds. The van der Waals surface area contributed by atoms with E-state index >= 15 is 0 Å². The van der Waals surface area contributed by atoms with Crippen LogP contribution in [0.5, 0.6) is 0 Å². The van der Waals surface area contributed by atoms with Gasteiger partial charge in [0.1, 0.15) is 5.54 Å². The second kappa shape index (κ2) is 8.92. The van der Waals surface area contributed by atoms with Gasteiger partial charge in [-0.15, -0.1) is 0 Å². The number of hydrogen-bond donors (Lipinski definition) is 1. The minimum Gasteiger partial charge on any atom is -0.342 e. The summed E-state index contributed by atoms with van der Waals surface area (Å²) >= 11 is 0. The zero-order chi connectivity index (χ0) is 22.9. The van der Waals surface area contributed by atoms with Crippen LogP contribution in [0.1, 0.15) is 45.1 Å². The molecule has 1 N–H and O–H groups in total. The Bertz CT molecular complexity index is 893. The van der Waals surface area contributed by atoms with Crippen molar-refractivity contribution < 1.29 is 19.2 Å². The molecule has 3 heterocycles. The zero-order valence-electron chi connectivity index (χ0n) is 18.9. The molecule has 8 heteroatoms. The number of carbonyl (C=O) groups excluding carboxylic acids is 4. The monoisotopic (exact) mass is 440 g/mol. The van der Waals surface area contributed by atoms with E-state index in [-0.39, 0.29) is 35.7 Å². The molecule has 1 atom stereocenters. The summed E-state index contributed by atoms with van der Waals surface area (Å²) in [4.78, 5) is 56.3. The highest BCUT2D eigenvalue weighted by Gasteiger charge is 2.54. The fourth-order valence-corrected chi connectivity index (χ4v) is 5.06. The number of piperidine rings is 2. The molecule has 32 heavy (non-hydrogen) atoms. The van der Waals surface area contributed by atoms with Crippen LogP contribution in [0.25, 0.3) is 0 Å². The molecule has 1 aromatic rings. The topological polar surface area (TPSA) is 90.0 Å². The van der Waals surface area contributed by atoms with Crippen molar-refractivity contribution in [2.45, 2.75) is 57.5 Å². The number of urea groups is 1. The number of rotatable bonds is 4. The van der Waals surface area contributed by atoms with Gasteiger partial charge in [-0.25, -0.2) is 4.79 Å². The molecule has 0 unspecified atom stereocenters. The van der Waals surface area contributed by atoms with Crippen molar-refractivity contribution in [1.82, 2.24) is 20.0 Å². The summed E-state index contributed by atoms with van der Waals surface area (Å²) in [5.74, 6) is -0.200. The van der Waals surface area contributed by atoms with Crippen LogP contribution < -0.4 is 5.32 Å². The average molecular weight is 441 g/mol.